The van der Waals surface area contributed by atoms with Gasteiger partial charge in [-0.25, -0.2) is 9.37 Å². The van der Waals surface area contributed by atoms with Crippen molar-refractivity contribution in [2.45, 2.75) is 12.6 Å². The average molecular weight is 294 g/mol. The van der Waals surface area contributed by atoms with Gasteiger partial charge in [0.2, 0.25) is 0 Å². The smallest absolute Gasteiger partial charge is 0.419 e. The maximum Gasteiger partial charge on any atom is 0.419 e. The Morgan fingerprint density at radius 1 is 1.26 bits per heavy atom. The number of alkyl halides is 4. The lowest BCUT2D eigenvalue weighted by Gasteiger charge is -2.09. The summed E-state index contributed by atoms with van der Waals surface area (Å²) in [6, 6.07) is 3.00. The normalized spacial score (nSPS) is 11.8. The first-order valence-electron chi connectivity index (χ1n) is 5.30. The molecule has 2 nitrogen and oxygen atoms in total. The molecule has 0 aliphatic rings. The molecule has 0 unspecified atom stereocenters. The van der Waals surface area contributed by atoms with Gasteiger partial charge in [0.05, 0.1) is 17.3 Å². The molecule has 0 fully saturated rings. The van der Waals surface area contributed by atoms with Crippen LogP contribution in [0.1, 0.15) is 11.5 Å². The van der Waals surface area contributed by atoms with Crippen molar-refractivity contribution in [1.82, 2.24) is 4.98 Å². The van der Waals surface area contributed by atoms with Crippen LogP contribution in [0.5, 0.6) is 0 Å². The Bertz CT molecular complexity index is 579. The highest BCUT2D eigenvalue weighted by atomic mass is 35.5. The van der Waals surface area contributed by atoms with Gasteiger partial charge in [-0.05, 0) is 12.1 Å². The zero-order chi connectivity index (χ0) is 14.0. The summed E-state index contributed by atoms with van der Waals surface area (Å²) in [6.07, 6.45) is -3.25. The van der Waals surface area contributed by atoms with Gasteiger partial charge in [0.15, 0.2) is 11.7 Å². The van der Waals surface area contributed by atoms with Gasteiger partial charge in [0.25, 0.3) is 0 Å². The van der Waals surface area contributed by atoms with Crippen molar-refractivity contribution in [2.24, 2.45) is 0 Å². The second-order valence-electron chi connectivity index (χ2n) is 3.72. The molecule has 0 N–H and O–H groups in total. The van der Waals surface area contributed by atoms with E-state index in [0.29, 0.717) is 12.5 Å². The number of aromatic nitrogens is 1. The summed E-state index contributed by atoms with van der Waals surface area (Å²) in [6.45, 7) is 0. The molecule has 2 rings (SSSR count). The molecule has 0 saturated carbocycles. The summed E-state index contributed by atoms with van der Waals surface area (Å²) in [5, 5.41) is 0. The molecule has 102 valence electrons. The van der Waals surface area contributed by atoms with Crippen LogP contribution >= 0.6 is 11.6 Å². The van der Waals surface area contributed by atoms with Gasteiger partial charge in [-0.3, -0.25) is 0 Å². The van der Waals surface area contributed by atoms with Crippen LogP contribution in [0.2, 0.25) is 0 Å². The van der Waals surface area contributed by atoms with Gasteiger partial charge < -0.3 is 4.42 Å². The first kappa shape index (κ1) is 13.9. The third-order valence-electron chi connectivity index (χ3n) is 2.43. The van der Waals surface area contributed by atoms with E-state index in [1.807, 2.05) is 0 Å². The maximum atomic E-state index is 13.8. The molecular formula is C12H8ClF4NO. The standard InChI is InChI=1S/C12H8ClF4NO/c13-5-4-10-18-6-9(19-10)7-2-1-3-8(11(7)14)12(15,16)17/h1-3,6H,4-5H2. The van der Waals surface area contributed by atoms with Gasteiger partial charge in [0, 0.05) is 12.3 Å². The van der Waals surface area contributed by atoms with Crippen LogP contribution in [0.3, 0.4) is 0 Å². The van der Waals surface area contributed by atoms with Crippen molar-refractivity contribution in [2.75, 3.05) is 5.88 Å². The van der Waals surface area contributed by atoms with E-state index in [4.69, 9.17) is 16.0 Å². The lowest BCUT2D eigenvalue weighted by Crippen LogP contribution is -2.08. The minimum Gasteiger partial charge on any atom is -0.441 e. The second-order valence-corrected chi connectivity index (χ2v) is 4.10. The third-order valence-corrected chi connectivity index (χ3v) is 2.62. The number of halogens is 5. The minimum atomic E-state index is -4.75. The monoisotopic (exact) mass is 293 g/mol. The van der Waals surface area contributed by atoms with E-state index in [-0.39, 0.29) is 23.1 Å². The SMILES string of the molecule is Fc1c(-c2cnc(CCCl)o2)cccc1C(F)(F)F. The Morgan fingerprint density at radius 2 is 2.00 bits per heavy atom. The highest BCUT2D eigenvalue weighted by molar-refractivity contribution is 6.17. The number of rotatable bonds is 3. The third kappa shape index (κ3) is 2.89. The van der Waals surface area contributed by atoms with Crippen LogP contribution in [-0.4, -0.2) is 10.9 Å². The van der Waals surface area contributed by atoms with Crippen LogP contribution in [0, 0.1) is 5.82 Å². The van der Waals surface area contributed by atoms with E-state index in [9.17, 15) is 17.6 Å². The fourth-order valence-corrected chi connectivity index (χ4v) is 1.73. The fourth-order valence-electron chi connectivity index (χ4n) is 1.57. The molecule has 7 heteroatoms. The fraction of sp³-hybridized carbons (Fsp3) is 0.250. The molecule has 1 aromatic carbocycles. The molecule has 2 aromatic rings. The number of hydrogen-bond donors (Lipinski definition) is 0. The van der Waals surface area contributed by atoms with Crippen LogP contribution in [0.25, 0.3) is 11.3 Å². The summed E-state index contributed by atoms with van der Waals surface area (Å²) >= 11 is 5.48. The second kappa shape index (κ2) is 5.21. The zero-order valence-corrected chi connectivity index (χ0v) is 10.2. The molecule has 1 heterocycles. The summed E-state index contributed by atoms with van der Waals surface area (Å²) in [5.74, 6) is -0.917. The minimum absolute atomic E-state index is 0.0521. The van der Waals surface area contributed by atoms with Crippen LogP contribution in [0.4, 0.5) is 17.6 Å². The Hall–Kier alpha value is -1.56. The topological polar surface area (TPSA) is 26.0 Å². The number of aryl methyl sites for hydroxylation is 1. The average Bonchev–Trinajstić information content (AvgIpc) is 2.76. The van der Waals surface area contributed by atoms with Crippen LogP contribution in [-0.2, 0) is 12.6 Å². The van der Waals surface area contributed by atoms with Crippen LogP contribution in [0.15, 0.2) is 28.8 Å². The molecular weight excluding hydrogens is 286 g/mol. The number of hydrogen-bond acceptors (Lipinski definition) is 2. The van der Waals surface area contributed by atoms with Gasteiger partial charge in [-0.15, -0.1) is 11.6 Å². The van der Waals surface area contributed by atoms with E-state index >= 15 is 0 Å². The maximum absolute atomic E-state index is 13.8. The molecule has 0 saturated heterocycles. The summed E-state index contributed by atoms with van der Waals surface area (Å²) in [5.41, 5.74) is -1.61. The first-order valence-corrected chi connectivity index (χ1v) is 5.83. The van der Waals surface area contributed by atoms with Gasteiger partial charge in [-0.1, -0.05) is 6.07 Å². The molecule has 0 aliphatic carbocycles. The van der Waals surface area contributed by atoms with Crippen molar-refractivity contribution >= 4 is 11.6 Å². The van der Waals surface area contributed by atoms with E-state index in [1.54, 1.807) is 0 Å². The van der Waals surface area contributed by atoms with Crippen molar-refractivity contribution in [3.63, 3.8) is 0 Å². The van der Waals surface area contributed by atoms with E-state index in [2.05, 4.69) is 4.98 Å². The molecule has 19 heavy (non-hydrogen) atoms. The number of nitrogens with zero attached hydrogens (tertiary/aromatic N) is 1. The van der Waals surface area contributed by atoms with Crippen molar-refractivity contribution in [3.8, 4) is 11.3 Å². The van der Waals surface area contributed by atoms with Gasteiger partial charge in [0.1, 0.15) is 5.82 Å². The predicted octanol–water partition coefficient (Wildman–Crippen LogP) is 4.28. The van der Waals surface area contributed by atoms with E-state index < -0.39 is 17.6 Å². The summed E-state index contributed by atoms with van der Waals surface area (Å²) in [7, 11) is 0. The number of oxazole rings is 1. The first-order chi connectivity index (χ1) is 8.93. The molecule has 0 amide bonds. The highest BCUT2D eigenvalue weighted by Crippen LogP contribution is 2.35. The summed E-state index contributed by atoms with van der Waals surface area (Å²) < 4.78 is 56.7. The van der Waals surface area contributed by atoms with Crippen molar-refractivity contribution < 1.29 is 22.0 Å². The summed E-state index contributed by atoms with van der Waals surface area (Å²) in [4.78, 5) is 3.82. The Labute approximate surface area is 111 Å². The predicted molar refractivity (Wildman–Crippen MR) is 61.3 cm³/mol. The van der Waals surface area contributed by atoms with Crippen molar-refractivity contribution in [1.29, 1.82) is 0 Å². The Morgan fingerprint density at radius 3 is 2.63 bits per heavy atom. The number of benzene rings is 1. The molecule has 0 atom stereocenters. The van der Waals surface area contributed by atoms with Gasteiger partial charge >= 0.3 is 6.18 Å². The van der Waals surface area contributed by atoms with Crippen LogP contribution < -0.4 is 0 Å². The zero-order valence-electron chi connectivity index (χ0n) is 9.47. The highest BCUT2D eigenvalue weighted by Gasteiger charge is 2.35. The van der Waals surface area contributed by atoms with E-state index in [0.717, 1.165) is 6.07 Å². The lowest BCUT2D eigenvalue weighted by molar-refractivity contribution is -0.139. The molecule has 0 bridgehead atoms. The molecule has 1 aromatic heterocycles. The Kier molecular flexibility index (Phi) is 3.80. The molecule has 0 radical (unpaired) electrons. The van der Waals surface area contributed by atoms with Crippen molar-refractivity contribution in [3.05, 3.63) is 41.7 Å². The molecule has 0 aliphatic heterocycles. The van der Waals surface area contributed by atoms with Gasteiger partial charge in [-0.2, -0.15) is 13.2 Å². The Balaban J connectivity index is 2.45. The molecule has 0 spiro atoms. The quantitative estimate of drug-likeness (QED) is 0.623. The largest absolute Gasteiger partial charge is 0.441 e. The lowest BCUT2D eigenvalue weighted by atomic mass is 10.1. The van der Waals surface area contributed by atoms with E-state index in [1.165, 1.54) is 12.3 Å².